The lowest BCUT2D eigenvalue weighted by Gasteiger charge is -2.07. The van der Waals surface area contributed by atoms with Gasteiger partial charge in [0.1, 0.15) is 11.6 Å². The van der Waals surface area contributed by atoms with E-state index in [-0.39, 0.29) is 10.7 Å². The lowest BCUT2D eigenvalue weighted by atomic mass is 10.2. The van der Waals surface area contributed by atoms with Gasteiger partial charge in [0, 0.05) is 16.6 Å². The molecule has 4 nitrogen and oxygen atoms in total. The third-order valence-corrected chi connectivity index (χ3v) is 3.20. The number of benzene rings is 1. The molecule has 0 aliphatic rings. The van der Waals surface area contributed by atoms with E-state index >= 15 is 0 Å². The van der Waals surface area contributed by atoms with Crippen LogP contribution in [-0.2, 0) is 6.54 Å². The summed E-state index contributed by atoms with van der Waals surface area (Å²) in [5, 5.41) is 13.0. The highest BCUT2D eigenvalue weighted by molar-refractivity contribution is 6.33. The van der Waals surface area contributed by atoms with Crippen LogP contribution >= 0.6 is 34.8 Å². The molecular weight excluding hydrogens is 307 g/mol. The number of nitrogens with zero attached hydrogens (tertiary/aromatic N) is 3. The number of rotatable bonds is 3. The van der Waals surface area contributed by atoms with Crippen molar-refractivity contribution >= 4 is 40.8 Å². The minimum absolute atomic E-state index is 0.109. The number of aromatic nitrogens is 2. The van der Waals surface area contributed by atoms with Crippen molar-refractivity contribution in [2.45, 2.75) is 6.54 Å². The summed E-state index contributed by atoms with van der Waals surface area (Å²) in [4.78, 5) is 7.93. The molecule has 0 radical (unpaired) electrons. The first-order valence-corrected chi connectivity index (χ1v) is 6.34. The second kappa shape index (κ2) is 6.07. The molecule has 7 heteroatoms. The molecule has 1 aromatic carbocycles. The van der Waals surface area contributed by atoms with Gasteiger partial charge in [-0.25, -0.2) is 4.98 Å². The summed E-state index contributed by atoms with van der Waals surface area (Å²) in [5.41, 5.74) is 1.05. The average molecular weight is 314 g/mol. The Hall–Kier alpha value is -1.54. The molecule has 0 aliphatic carbocycles. The first kappa shape index (κ1) is 13.9. The van der Waals surface area contributed by atoms with Gasteiger partial charge in [0.15, 0.2) is 5.15 Å². The standard InChI is InChI=1S/C12H7Cl3N4/c13-9-1-2-10(14)7(3-9)5-17-12-18-6-8(4-16)11(15)19-12/h1-3,6H,5H2,(H,17,18,19). The van der Waals surface area contributed by atoms with Crippen LogP contribution in [0.1, 0.15) is 11.1 Å². The van der Waals surface area contributed by atoms with E-state index in [2.05, 4.69) is 15.3 Å². The van der Waals surface area contributed by atoms with Crippen molar-refractivity contribution in [3.05, 3.63) is 50.7 Å². The monoisotopic (exact) mass is 312 g/mol. The highest BCUT2D eigenvalue weighted by atomic mass is 35.5. The van der Waals surface area contributed by atoms with Gasteiger partial charge in [0.25, 0.3) is 0 Å². The summed E-state index contributed by atoms with van der Waals surface area (Å²) in [6, 6.07) is 7.07. The topological polar surface area (TPSA) is 61.6 Å². The van der Waals surface area contributed by atoms with Gasteiger partial charge in [0.2, 0.25) is 5.95 Å². The Morgan fingerprint density at radius 3 is 2.74 bits per heavy atom. The molecule has 1 N–H and O–H groups in total. The summed E-state index contributed by atoms with van der Waals surface area (Å²) < 4.78 is 0. The Labute approximate surface area is 125 Å². The van der Waals surface area contributed by atoms with E-state index in [0.717, 1.165) is 5.56 Å². The van der Waals surface area contributed by atoms with E-state index in [4.69, 9.17) is 40.1 Å². The second-order valence-electron chi connectivity index (χ2n) is 3.60. The van der Waals surface area contributed by atoms with Crippen LogP contribution in [0, 0.1) is 11.3 Å². The van der Waals surface area contributed by atoms with Crippen LogP contribution in [0.25, 0.3) is 0 Å². The Bertz CT molecular complexity index is 652. The normalized spacial score (nSPS) is 10.0. The zero-order valence-corrected chi connectivity index (χ0v) is 11.8. The zero-order valence-electron chi connectivity index (χ0n) is 9.49. The Kier molecular flexibility index (Phi) is 4.43. The van der Waals surface area contributed by atoms with E-state index in [9.17, 15) is 0 Å². The van der Waals surface area contributed by atoms with Gasteiger partial charge in [-0.15, -0.1) is 0 Å². The molecule has 0 bridgehead atoms. The Morgan fingerprint density at radius 2 is 2.05 bits per heavy atom. The Morgan fingerprint density at radius 1 is 1.26 bits per heavy atom. The van der Waals surface area contributed by atoms with Crippen LogP contribution in [0.5, 0.6) is 0 Å². The lowest BCUT2D eigenvalue weighted by molar-refractivity contribution is 1.05. The minimum Gasteiger partial charge on any atom is -0.350 e. The number of hydrogen-bond acceptors (Lipinski definition) is 4. The van der Waals surface area contributed by atoms with Crippen molar-refractivity contribution < 1.29 is 0 Å². The first-order chi connectivity index (χ1) is 9.10. The molecule has 0 spiro atoms. The van der Waals surface area contributed by atoms with E-state index < -0.39 is 0 Å². The van der Waals surface area contributed by atoms with Gasteiger partial charge in [0.05, 0.1) is 6.20 Å². The molecular formula is C12H7Cl3N4. The summed E-state index contributed by atoms with van der Waals surface area (Å²) >= 11 is 17.7. The SMILES string of the molecule is N#Cc1cnc(NCc2cc(Cl)ccc2Cl)nc1Cl. The van der Waals surface area contributed by atoms with Gasteiger partial charge in [-0.05, 0) is 23.8 Å². The lowest BCUT2D eigenvalue weighted by Crippen LogP contribution is -2.04. The predicted molar refractivity (Wildman–Crippen MR) is 75.5 cm³/mol. The van der Waals surface area contributed by atoms with Crippen LogP contribution in [0.15, 0.2) is 24.4 Å². The van der Waals surface area contributed by atoms with Crippen LogP contribution in [-0.4, -0.2) is 9.97 Å². The molecule has 19 heavy (non-hydrogen) atoms. The molecule has 0 amide bonds. The maximum atomic E-state index is 8.72. The van der Waals surface area contributed by atoms with Gasteiger partial charge in [-0.3, -0.25) is 0 Å². The van der Waals surface area contributed by atoms with Gasteiger partial charge < -0.3 is 5.32 Å². The van der Waals surface area contributed by atoms with Crippen molar-refractivity contribution in [3.63, 3.8) is 0 Å². The number of anilines is 1. The van der Waals surface area contributed by atoms with Gasteiger partial charge >= 0.3 is 0 Å². The minimum atomic E-state index is 0.109. The summed E-state index contributed by atoms with van der Waals surface area (Å²) in [6.45, 7) is 0.404. The van der Waals surface area contributed by atoms with E-state index in [0.29, 0.717) is 22.5 Å². The number of nitrogens with one attached hydrogen (secondary N) is 1. The van der Waals surface area contributed by atoms with Crippen LogP contribution < -0.4 is 5.32 Å². The third-order valence-electron chi connectivity index (χ3n) is 2.31. The molecule has 0 atom stereocenters. The van der Waals surface area contributed by atoms with E-state index in [1.54, 1.807) is 18.2 Å². The van der Waals surface area contributed by atoms with Crippen molar-refractivity contribution in [3.8, 4) is 6.07 Å². The zero-order chi connectivity index (χ0) is 13.8. The molecule has 1 heterocycles. The summed E-state index contributed by atoms with van der Waals surface area (Å²) in [5.74, 6) is 0.319. The number of halogens is 3. The second-order valence-corrected chi connectivity index (χ2v) is 4.80. The number of hydrogen-bond donors (Lipinski definition) is 1. The largest absolute Gasteiger partial charge is 0.350 e. The highest BCUT2D eigenvalue weighted by Crippen LogP contribution is 2.21. The molecule has 0 saturated carbocycles. The van der Waals surface area contributed by atoms with Gasteiger partial charge in [-0.2, -0.15) is 10.2 Å². The molecule has 0 fully saturated rings. The van der Waals surface area contributed by atoms with Gasteiger partial charge in [-0.1, -0.05) is 34.8 Å². The van der Waals surface area contributed by atoms with Crippen LogP contribution in [0.4, 0.5) is 5.95 Å². The molecule has 1 aromatic heterocycles. The van der Waals surface area contributed by atoms with E-state index in [1.165, 1.54) is 6.20 Å². The summed E-state index contributed by atoms with van der Waals surface area (Å²) in [6.07, 6.45) is 1.36. The molecule has 2 rings (SSSR count). The quantitative estimate of drug-likeness (QED) is 0.872. The third kappa shape index (κ3) is 3.48. The van der Waals surface area contributed by atoms with Crippen molar-refractivity contribution in [2.75, 3.05) is 5.32 Å². The molecule has 0 aliphatic heterocycles. The maximum Gasteiger partial charge on any atom is 0.224 e. The Balaban J connectivity index is 2.13. The summed E-state index contributed by atoms with van der Waals surface area (Å²) in [7, 11) is 0. The smallest absolute Gasteiger partial charge is 0.224 e. The fourth-order valence-electron chi connectivity index (χ4n) is 1.37. The fourth-order valence-corrected chi connectivity index (χ4v) is 1.92. The highest BCUT2D eigenvalue weighted by Gasteiger charge is 2.06. The number of nitriles is 1. The fraction of sp³-hybridized carbons (Fsp3) is 0.0833. The maximum absolute atomic E-state index is 8.72. The average Bonchev–Trinajstić information content (AvgIpc) is 2.40. The van der Waals surface area contributed by atoms with Crippen molar-refractivity contribution in [2.24, 2.45) is 0 Å². The van der Waals surface area contributed by atoms with E-state index in [1.807, 2.05) is 6.07 Å². The molecule has 0 saturated heterocycles. The van der Waals surface area contributed by atoms with Crippen LogP contribution in [0.3, 0.4) is 0 Å². The van der Waals surface area contributed by atoms with Crippen molar-refractivity contribution in [1.82, 2.24) is 9.97 Å². The first-order valence-electron chi connectivity index (χ1n) is 5.20. The predicted octanol–water partition coefficient (Wildman–Crippen LogP) is 3.92. The van der Waals surface area contributed by atoms with Crippen LogP contribution in [0.2, 0.25) is 15.2 Å². The molecule has 96 valence electrons. The van der Waals surface area contributed by atoms with Crippen molar-refractivity contribution in [1.29, 1.82) is 5.26 Å². The molecule has 2 aromatic rings. The molecule has 0 unspecified atom stereocenters.